The van der Waals surface area contributed by atoms with Crippen LogP contribution in [0.15, 0.2) is 84.0 Å². The normalized spacial score (nSPS) is 10.9. The molecule has 156 valence electrons. The molecule has 0 saturated heterocycles. The molecule has 3 aromatic carbocycles. The number of hydrogen-bond donors (Lipinski definition) is 1. The first-order chi connectivity index (χ1) is 15.1. The van der Waals surface area contributed by atoms with Gasteiger partial charge in [0.1, 0.15) is 0 Å². The lowest BCUT2D eigenvalue weighted by atomic mass is 10.2. The Hall–Kier alpha value is -3.90. The topological polar surface area (TPSA) is 77.0 Å². The van der Waals surface area contributed by atoms with Crippen molar-refractivity contribution in [2.24, 2.45) is 5.10 Å². The van der Waals surface area contributed by atoms with Crippen molar-refractivity contribution >= 4 is 35.8 Å². The molecule has 7 heteroatoms. The number of methoxy groups -OCH3 is 1. The fourth-order valence-electron chi connectivity index (χ4n) is 2.59. The van der Waals surface area contributed by atoms with Gasteiger partial charge < -0.3 is 9.47 Å². The maximum atomic E-state index is 12.1. The molecule has 0 saturated carbocycles. The molecule has 0 spiro atoms. The van der Waals surface area contributed by atoms with Gasteiger partial charge in [0.2, 0.25) is 0 Å². The third kappa shape index (κ3) is 6.29. The van der Waals surface area contributed by atoms with Gasteiger partial charge in [0.15, 0.2) is 11.5 Å². The third-order valence-electron chi connectivity index (χ3n) is 4.11. The smallest absolute Gasteiger partial charge is 0.336 e. The van der Waals surface area contributed by atoms with Crippen molar-refractivity contribution in [2.75, 3.05) is 7.11 Å². The minimum absolute atomic E-state index is 0.266. The molecule has 0 aliphatic rings. The van der Waals surface area contributed by atoms with Crippen molar-refractivity contribution in [2.45, 2.75) is 0 Å². The van der Waals surface area contributed by atoms with Gasteiger partial charge in [-0.25, -0.2) is 10.2 Å². The molecule has 0 unspecified atom stereocenters. The van der Waals surface area contributed by atoms with E-state index in [1.54, 1.807) is 48.5 Å². The van der Waals surface area contributed by atoms with E-state index in [2.05, 4.69) is 10.5 Å². The predicted octanol–water partition coefficient (Wildman–Crippen LogP) is 4.73. The molecule has 0 fully saturated rings. The number of carbonyl (C=O) groups excluding carboxylic acids is 2. The number of hydrazone groups is 1. The monoisotopic (exact) mass is 434 g/mol. The van der Waals surface area contributed by atoms with Crippen LogP contribution in [0.4, 0.5) is 0 Å². The zero-order valence-corrected chi connectivity index (χ0v) is 17.4. The Kier molecular flexibility index (Phi) is 7.56. The number of benzene rings is 3. The highest BCUT2D eigenvalue weighted by Gasteiger charge is 2.10. The highest BCUT2D eigenvalue weighted by Crippen LogP contribution is 2.28. The second-order valence-electron chi connectivity index (χ2n) is 6.25. The van der Waals surface area contributed by atoms with Crippen molar-refractivity contribution in [1.29, 1.82) is 0 Å². The van der Waals surface area contributed by atoms with Crippen LogP contribution in [0.1, 0.15) is 21.5 Å². The van der Waals surface area contributed by atoms with Crippen LogP contribution in [0, 0.1) is 0 Å². The Morgan fingerprint density at radius 2 is 1.68 bits per heavy atom. The highest BCUT2D eigenvalue weighted by atomic mass is 35.5. The second kappa shape index (κ2) is 10.8. The molecule has 3 aromatic rings. The maximum absolute atomic E-state index is 12.1. The van der Waals surface area contributed by atoms with Gasteiger partial charge in [0.25, 0.3) is 5.91 Å². The Morgan fingerprint density at radius 1 is 0.935 bits per heavy atom. The van der Waals surface area contributed by atoms with Crippen molar-refractivity contribution < 1.29 is 19.1 Å². The van der Waals surface area contributed by atoms with E-state index in [-0.39, 0.29) is 5.75 Å². The summed E-state index contributed by atoms with van der Waals surface area (Å²) >= 11 is 6.00. The molecule has 0 aromatic heterocycles. The number of halogens is 1. The molecular weight excluding hydrogens is 416 g/mol. The maximum Gasteiger partial charge on any atom is 0.336 e. The average Bonchev–Trinajstić information content (AvgIpc) is 2.79. The Bertz CT molecular complexity index is 1130. The number of nitrogens with one attached hydrogen (secondary N) is 1. The molecule has 3 rings (SSSR count). The van der Waals surface area contributed by atoms with Crippen LogP contribution in [0.3, 0.4) is 0 Å². The molecule has 0 radical (unpaired) electrons. The van der Waals surface area contributed by atoms with E-state index in [9.17, 15) is 9.59 Å². The quantitative estimate of drug-likeness (QED) is 0.192. The Balaban J connectivity index is 1.63. The van der Waals surface area contributed by atoms with Gasteiger partial charge in [-0.1, -0.05) is 54.1 Å². The van der Waals surface area contributed by atoms with Crippen LogP contribution in [0.25, 0.3) is 6.08 Å². The molecular formula is C24H19ClN2O4. The lowest BCUT2D eigenvalue weighted by Crippen LogP contribution is -2.17. The number of esters is 1. The largest absolute Gasteiger partial charge is 0.493 e. The fourth-order valence-corrected chi connectivity index (χ4v) is 2.81. The summed E-state index contributed by atoms with van der Waals surface area (Å²) in [6.07, 6.45) is 4.45. The number of rotatable bonds is 7. The van der Waals surface area contributed by atoms with Crippen molar-refractivity contribution in [1.82, 2.24) is 5.43 Å². The molecule has 0 bridgehead atoms. The number of ether oxygens (including phenoxy) is 2. The van der Waals surface area contributed by atoms with Crippen LogP contribution in [-0.2, 0) is 4.79 Å². The lowest BCUT2D eigenvalue weighted by molar-refractivity contribution is -0.129. The first-order valence-electron chi connectivity index (χ1n) is 9.28. The molecule has 1 N–H and O–H groups in total. The standard InChI is InChI=1S/C24H19ClN2O4/c1-30-22-15-18(16-26-27-24(29)19-9-5-6-10-20(19)25)11-13-21(22)31-23(28)14-12-17-7-3-2-4-8-17/h2-16H,1H3,(H,27,29)/b14-12+,26-16+. The van der Waals surface area contributed by atoms with Crippen LogP contribution in [0.5, 0.6) is 11.5 Å². The first kappa shape index (κ1) is 21.8. The molecule has 1 amide bonds. The van der Waals surface area contributed by atoms with Gasteiger partial charge in [-0.2, -0.15) is 5.10 Å². The van der Waals surface area contributed by atoms with E-state index >= 15 is 0 Å². The summed E-state index contributed by atoms with van der Waals surface area (Å²) in [5.41, 5.74) is 4.26. The summed E-state index contributed by atoms with van der Waals surface area (Å²) in [5, 5.41) is 4.27. The first-order valence-corrected chi connectivity index (χ1v) is 9.65. The van der Waals surface area contributed by atoms with Gasteiger partial charge in [-0.3, -0.25) is 4.79 Å². The summed E-state index contributed by atoms with van der Waals surface area (Å²) in [6.45, 7) is 0. The molecule has 0 heterocycles. The van der Waals surface area contributed by atoms with Gasteiger partial charge in [-0.15, -0.1) is 0 Å². The summed E-state index contributed by atoms with van der Waals surface area (Å²) in [6, 6.07) is 21.0. The second-order valence-corrected chi connectivity index (χ2v) is 6.66. The zero-order chi connectivity index (χ0) is 22.1. The number of carbonyl (C=O) groups is 2. The number of amides is 1. The van der Waals surface area contributed by atoms with E-state index in [4.69, 9.17) is 21.1 Å². The molecule has 31 heavy (non-hydrogen) atoms. The fraction of sp³-hybridized carbons (Fsp3) is 0.0417. The van der Waals surface area contributed by atoms with Gasteiger partial charge in [0.05, 0.1) is 23.9 Å². The van der Waals surface area contributed by atoms with Crippen LogP contribution >= 0.6 is 11.6 Å². The third-order valence-corrected chi connectivity index (χ3v) is 4.44. The van der Waals surface area contributed by atoms with Gasteiger partial charge >= 0.3 is 5.97 Å². The predicted molar refractivity (Wildman–Crippen MR) is 121 cm³/mol. The van der Waals surface area contributed by atoms with Gasteiger partial charge in [-0.05, 0) is 47.5 Å². The number of nitrogens with zero attached hydrogens (tertiary/aromatic N) is 1. The Morgan fingerprint density at radius 3 is 2.42 bits per heavy atom. The summed E-state index contributed by atoms with van der Waals surface area (Å²) < 4.78 is 10.6. The van der Waals surface area contributed by atoms with Crippen molar-refractivity contribution in [3.05, 3.63) is 101 Å². The molecule has 0 aliphatic heterocycles. The number of hydrogen-bond acceptors (Lipinski definition) is 5. The minimum atomic E-state index is -0.532. The molecule has 0 aliphatic carbocycles. The average molecular weight is 435 g/mol. The van der Waals surface area contributed by atoms with Crippen molar-refractivity contribution in [3.8, 4) is 11.5 Å². The van der Waals surface area contributed by atoms with Crippen LogP contribution in [0.2, 0.25) is 5.02 Å². The SMILES string of the molecule is COc1cc(/C=N/NC(=O)c2ccccc2Cl)ccc1OC(=O)/C=C/c1ccccc1. The lowest BCUT2D eigenvalue weighted by Gasteiger charge is -2.08. The van der Waals surface area contributed by atoms with Crippen LogP contribution < -0.4 is 14.9 Å². The summed E-state index contributed by atoms with van der Waals surface area (Å²) in [4.78, 5) is 24.2. The van der Waals surface area contributed by atoms with E-state index in [1.807, 2.05) is 30.3 Å². The van der Waals surface area contributed by atoms with Gasteiger partial charge in [0, 0.05) is 6.08 Å². The minimum Gasteiger partial charge on any atom is -0.493 e. The van der Waals surface area contributed by atoms with Crippen LogP contribution in [-0.4, -0.2) is 25.2 Å². The van der Waals surface area contributed by atoms with E-state index in [0.29, 0.717) is 21.9 Å². The highest BCUT2D eigenvalue weighted by molar-refractivity contribution is 6.33. The summed E-state index contributed by atoms with van der Waals surface area (Å²) in [7, 11) is 1.46. The zero-order valence-electron chi connectivity index (χ0n) is 16.6. The Labute approximate surface area is 184 Å². The van der Waals surface area contributed by atoms with E-state index < -0.39 is 11.9 Å². The van der Waals surface area contributed by atoms with E-state index in [0.717, 1.165) is 5.56 Å². The van der Waals surface area contributed by atoms with Crippen molar-refractivity contribution in [3.63, 3.8) is 0 Å². The molecule has 6 nitrogen and oxygen atoms in total. The molecule has 0 atom stereocenters. The summed E-state index contributed by atoms with van der Waals surface area (Å²) in [5.74, 6) is -0.342. The van der Waals surface area contributed by atoms with E-state index in [1.165, 1.54) is 19.4 Å².